The number of anilines is 1. The maximum Gasteiger partial charge on any atom is 0.267 e. The predicted molar refractivity (Wildman–Crippen MR) is 53.1 cm³/mol. The van der Waals surface area contributed by atoms with Crippen molar-refractivity contribution in [3.05, 3.63) is 22.1 Å². The Morgan fingerprint density at radius 1 is 1.47 bits per heavy atom. The van der Waals surface area contributed by atoms with E-state index in [9.17, 15) is 13.2 Å². The molecule has 2 rings (SSSR count). The Kier molecular flexibility index (Phi) is 2.34. The third-order valence-electron chi connectivity index (χ3n) is 2.07. The van der Waals surface area contributed by atoms with E-state index >= 15 is 0 Å². The van der Waals surface area contributed by atoms with Crippen molar-refractivity contribution in [2.24, 2.45) is 0 Å². The van der Waals surface area contributed by atoms with Crippen LogP contribution in [0, 0.1) is 5.82 Å². The van der Waals surface area contributed by atoms with Crippen LogP contribution >= 0.6 is 15.9 Å². The van der Waals surface area contributed by atoms with Crippen molar-refractivity contribution < 1.29 is 13.2 Å². The van der Waals surface area contributed by atoms with E-state index in [0.29, 0.717) is 5.39 Å². The van der Waals surface area contributed by atoms with Gasteiger partial charge in [0.15, 0.2) is 5.82 Å². The van der Waals surface area contributed by atoms with Gasteiger partial charge in [-0.3, -0.25) is 5.10 Å². The van der Waals surface area contributed by atoms with E-state index in [1.165, 1.54) is 6.20 Å². The Hall–Kier alpha value is -1.24. The molecule has 0 radical (unpaired) electrons. The first-order valence-electron chi connectivity index (χ1n) is 3.91. The van der Waals surface area contributed by atoms with Crippen LogP contribution in [0.2, 0.25) is 0 Å². The summed E-state index contributed by atoms with van der Waals surface area (Å²) in [6.45, 7) is 0. The zero-order chi connectivity index (χ0) is 11.2. The minimum Gasteiger partial charge on any atom is -0.395 e. The quantitative estimate of drug-likeness (QED) is 0.789. The maximum absolute atomic E-state index is 13.4. The number of halogens is 4. The first kappa shape index (κ1) is 10.3. The van der Waals surface area contributed by atoms with Gasteiger partial charge in [-0.1, -0.05) is 0 Å². The average Bonchev–Trinajstić information content (AvgIpc) is 2.62. The standard InChI is InChI=1S/C8H5BrF3N3/c9-4-2-1-14-15-7(2)6(13)5(10)3(4)8(11)12/h1,8H,13H2,(H,14,15). The SMILES string of the molecule is Nc1c(F)c(C(F)F)c(Br)c2cn[nH]c12. The summed E-state index contributed by atoms with van der Waals surface area (Å²) < 4.78 is 38.5. The molecule has 0 aliphatic carbocycles. The lowest BCUT2D eigenvalue weighted by Crippen LogP contribution is -2.00. The van der Waals surface area contributed by atoms with Crippen LogP contribution in [0.25, 0.3) is 10.9 Å². The van der Waals surface area contributed by atoms with Crippen LogP contribution in [-0.4, -0.2) is 10.2 Å². The fraction of sp³-hybridized carbons (Fsp3) is 0.125. The van der Waals surface area contributed by atoms with Crippen LogP contribution in [0.4, 0.5) is 18.9 Å². The molecule has 7 heteroatoms. The number of hydrogen-bond acceptors (Lipinski definition) is 2. The number of fused-ring (bicyclic) bond motifs is 1. The van der Waals surface area contributed by atoms with Crippen LogP contribution < -0.4 is 5.73 Å². The van der Waals surface area contributed by atoms with Gasteiger partial charge in [0.2, 0.25) is 0 Å². The molecule has 1 heterocycles. The molecule has 0 fully saturated rings. The number of nitrogens with two attached hydrogens (primary N) is 1. The van der Waals surface area contributed by atoms with E-state index in [-0.39, 0.29) is 15.7 Å². The first-order chi connectivity index (χ1) is 7.04. The van der Waals surface area contributed by atoms with Crippen LogP contribution in [0.15, 0.2) is 10.7 Å². The average molecular weight is 280 g/mol. The molecule has 80 valence electrons. The Morgan fingerprint density at radius 3 is 2.73 bits per heavy atom. The third-order valence-corrected chi connectivity index (χ3v) is 2.93. The number of alkyl halides is 2. The zero-order valence-electron chi connectivity index (χ0n) is 7.19. The highest BCUT2D eigenvalue weighted by molar-refractivity contribution is 9.10. The summed E-state index contributed by atoms with van der Waals surface area (Å²) >= 11 is 2.91. The van der Waals surface area contributed by atoms with Gasteiger partial charge in [0.1, 0.15) is 0 Å². The van der Waals surface area contributed by atoms with Crippen molar-refractivity contribution >= 4 is 32.5 Å². The maximum atomic E-state index is 13.4. The Balaban J connectivity index is 2.92. The Morgan fingerprint density at radius 2 is 2.13 bits per heavy atom. The molecular formula is C8H5BrF3N3. The van der Waals surface area contributed by atoms with Crippen molar-refractivity contribution in [3.8, 4) is 0 Å². The minimum atomic E-state index is -2.93. The Labute approximate surface area is 90.6 Å². The summed E-state index contributed by atoms with van der Waals surface area (Å²) in [6.07, 6.45) is -1.62. The van der Waals surface area contributed by atoms with E-state index in [2.05, 4.69) is 26.1 Å². The Bertz CT molecular complexity index is 523. The molecule has 0 spiro atoms. The molecule has 1 aromatic heterocycles. The predicted octanol–water partition coefficient (Wildman–Crippen LogP) is 2.98. The molecule has 0 unspecified atom stereocenters. The van der Waals surface area contributed by atoms with Gasteiger partial charge in [0, 0.05) is 9.86 Å². The molecule has 2 aromatic rings. The fourth-order valence-corrected chi connectivity index (χ4v) is 1.99. The smallest absolute Gasteiger partial charge is 0.267 e. The largest absolute Gasteiger partial charge is 0.395 e. The molecule has 3 nitrogen and oxygen atoms in total. The topological polar surface area (TPSA) is 54.7 Å². The second kappa shape index (κ2) is 3.41. The number of rotatable bonds is 1. The lowest BCUT2D eigenvalue weighted by Gasteiger charge is -2.08. The molecule has 0 atom stereocenters. The van der Waals surface area contributed by atoms with Crippen LogP contribution in [0.5, 0.6) is 0 Å². The second-order valence-electron chi connectivity index (χ2n) is 2.91. The van der Waals surface area contributed by atoms with Gasteiger partial charge >= 0.3 is 0 Å². The number of H-pyrrole nitrogens is 1. The van der Waals surface area contributed by atoms with Gasteiger partial charge in [0.05, 0.1) is 23.0 Å². The highest BCUT2D eigenvalue weighted by Gasteiger charge is 2.23. The second-order valence-corrected chi connectivity index (χ2v) is 3.71. The number of nitrogen functional groups attached to an aromatic ring is 1. The minimum absolute atomic E-state index is 0.0204. The molecule has 0 aliphatic rings. The van der Waals surface area contributed by atoms with E-state index < -0.39 is 17.8 Å². The van der Waals surface area contributed by atoms with E-state index in [0.717, 1.165) is 0 Å². The van der Waals surface area contributed by atoms with Crippen molar-refractivity contribution in [3.63, 3.8) is 0 Å². The van der Waals surface area contributed by atoms with Crippen molar-refractivity contribution in [1.82, 2.24) is 10.2 Å². The highest BCUT2D eigenvalue weighted by Crippen LogP contribution is 2.38. The summed E-state index contributed by atoms with van der Waals surface area (Å²) in [4.78, 5) is 0. The number of hydrogen-bond donors (Lipinski definition) is 2. The monoisotopic (exact) mass is 279 g/mol. The van der Waals surface area contributed by atoms with E-state index in [4.69, 9.17) is 5.73 Å². The summed E-state index contributed by atoms with van der Waals surface area (Å²) in [5, 5.41) is 6.40. The van der Waals surface area contributed by atoms with Crippen LogP contribution in [0.3, 0.4) is 0 Å². The number of benzene rings is 1. The van der Waals surface area contributed by atoms with E-state index in [1.807, 2.05) is 0 Å². The zero-order valence-corrected chi connectivity index (χ0v) is 8.78. The van der Waals surface area contributed by atoms with Gasteiger partial charge in [-0.25, -0.2) is 13.2 Å². The molecular weight excluding hydrogens is 275 g/mol. The number of aromatic nitrogens is 2. The third kappa shape index (κ3) is 1.38. The summed E-state index contributed by atoms with van der Waals surface area (Å²) in [7, 11) is 0. The molecule has 0 saturated carbocycles. The lowest BCUT2D eigenvalue weighted by atomic mass is 10.1. The van der Waals surface area contributed by atoms with Crippen LogP contribution in [0.1, 0.15) is 12.0 Å². The molecule has 0 bridgehead atoms. The van der Waals surface area contributed by atoms with Crippen LogP contribution in [-0.2, 0) is 0 Å². The molecule has 0 amide bonds. The number of aromatic amines is 1. The molecule has 1 aromatic carbocycles. The summed E-state index contributed by atoms with van der Waals surface area (Å²) in [6, 6.07) is 0. The summed E-state index contributed by atoms with van der Waals surface area (Å²) in [5.41, 5.74) is 4.50. The van der Waals surface area contributed by atoms with Gasteiger partial charge < -0.3 is 5.73 Å². The van der Waals surface area contributed by atoms with Gasteiger partial charge in [-0.2, -0.15) is 5.10 Å². The van der Waals surface area contributed by atoms with Gasteiger partial charge in [-0.05, 0) is 15.9 Å². The van der Waals surface area contributed by atoms with E-state index in [1.54, 1.807) is 0 Å². The fourth-order valence-electron chi connectivity index (χ4n) is 1.35. The van der Waals surface area contributed by atoms with Crippen molar-refractivity contribution in [2.45, 2.75) is 6.43 Å². The number of nitrogens with zero attached hydrogens (tertiary/aromatic N) is 1. The molecule has 15 heavy (non-hydrogen) atoms. The summed E-state index contributed by atoms with van der Waals surface area (Å²) in [5.74, 6) is -1.12. The molecule has 3 N–H and O–H groups in total. The van der Waals surface area contributed by atoms with Crippen molar-refractivity contribution in [2.75, 3.05) is 5.73 Å². The molecule has 0 aliphatic heterocycles. The lowest BCUT2D eigenvalue weighted by molar-refractivity contribution is 0.146. The molecule has 0 saturated heterocycles. The van der Waals surface area contributed by atoms with Gasteiger partial charge in [-0.15, -0.1) is 0 Å². The normalized spacial score (nSPS) is 11.5. The first-order valence-corrected chi connectivity index (χ1v) is 4.71. The van der Waals surface area contributed by atoms with Gasteiger partial charge in [0.25, 0.3) is 6.43 Å². The highest BCUT2D eigenvalue weighted by atomic mass is 79.9. The number of nitrogens with one attached hydrogen (secondary N) is 1. The van der Waals surface area contributed by atoms with Crippen molar-refractivity contribution in [1.29, 1.82) is 0 Å².